The Kier molecular flexibility index (Phi) is 4.64. The van der Waals surface area contributed by atoms with E-state index in [1.165, 1.54) is 6.92 Å². The number of hydrogen-bond donors (Lipinski definition) is 1. The molecule has 1 N–H and O–H groups in total. The summed E-state index contributed by atoms with van der Waals surface area (Å²) in [5.41, 5.74) is 3.61. The molecule has 0 aliphatic heterocycles. The van der Waals surface area contributed by atoms with Gasteiger partial charge in [-0.25, -0.2) is 0 Å². The van der Waals surface area contributed by atoms with Gasteiger partial charge in [-0.3, -0.25) is 14.4 Å². The summed E-state index contributed by atoms with van der Waals surface area (Å²) in [5, 5.41) is 12.3. The van der Waals surface area contributed by atoms with E-state index in [1.807, 2.05) is 32.9 Å². The Labute approximate surface area is 157 Å². The number of aliphatic hydroxyl groups excluding tert-OH is 1. The second-order valence-electron chi connectivity index (χ2n) is 7.16. The minimum atomic E-state index is -0.746. The highest BCUT2D eigenvalue weighted by Crippen LogP contribution is 2.37. The number of ether oxygens (including phenoxy) is 1. The molecule has 1 atom stereocenters. The standard InChI is InChI=1S/C22H22O5/c1-10-8-11(2)18-15(13(10)4)6-7-16-19(18)22(26)21(25)17(20(16)24)9-12(3)27-14(5)23/h6-8,12,24H,9H2,1-5H3. The van der Waals surface area contributed by atoms with E-state index in [-0.39, 0.29) is 23.3 Å². The summed E-state index contributed by atoms with van der Waals surface area (Å²) in [7, 11) is 0. The van der Waals surface area contributed by atoms with Crippen LogP contribution in [-0.2, 0) is 14.3 Å². The van der Waals surface area contributed by atoms with Crippen LogP contribution in [0, 0.1) is 20.8 Å². The molecule has 0 saturated heterocycles. The Morgan fingerprint density at radius 1 is 1.11 bits per heavy atom. The molecular weight excluding hydrogens is 344 g/mol. The third kappa shape index (κ3) is 3.03. The van der Waals surface area contributed by atoms with E-state index in [1.54, 1.807) is 13.0 Å². The number of aryl methyl sites for hydroxylation is 3. The van der Waals surface area contributed by atoms with Gasteiger partial charge in [-0.15, -0.1) is 0 Å². The van der Waals surface area contributed by atoms with Crippen LogP contribution in [0.4, 0.5) is 0 Å². The quantitative estimate of drug-likeness (QED) is 0.652. The molecule has 0 amide bonds. The van der Waals surface area contributed by atoms with Gasteiger partial charge in [0.1, 0.15) is 11.9 Å². The molecule has 0 spiro atoms. The van der Waals surface area contributed by atoms with Gasteiger partial charge in [0.15, 0.2) is 0 Å². The molecule has 1 aliphatic carbocycles. The highest BCUT2D eigenvalue weighted by Gasteiger charge is 2.35. The van der Waals surface area contributed by atoms with Crippen molar-refractivity contribution in [3.05, 3.63) is 51.6 Å². The lowest BCUT2D eigenvalue weighted by atomic mass is 9.81. The topological polar surface area (TPSA) is 80.7 Å². The monoisotopic (exact) mass is 366 g/mol. The van der Waals surface area contributed by atoms with Crippen LogP contribution in [0.1, 0.15) is 52.9 Å². The first-order valence-corrected chi connectivity index (χ1v) is 8.85. The Hall–Kier alpha value is -2.95. The minimum Gasteiger partial charge on any atom is -0.507 e. The highest BCUT2D eigenvalue weighted by atomic mass is 16.5. The number of carbonyl (C=O) groups excluding carboxylic acids is 3. The predicted molar refractivity (Wildman–Crippen MR) is 103 cm³/mol. The zero-order valence-corrected chi connectivity index (χ0v) is 16.1. The normalized spacial score (nSPS) is 15.1. The fourth-order valence-corrected chi connectivity index (χ4v) is 3.80. The van der Waals surface area contributed by atoms with Gasteiger partial charge in [-0.1, -0.05) is 12.1 Å². The largest absolute Gasteiger partial charge is 0.507 e. The molecule has 27 heavy (non-hydrogen) atoms. The number of hydrogen-bond acceptors (Lipinski definition) is 5. The fraction of sp³-hybridized carbons (Fsp3) is 0.318. The zero-order valence-electron chi connectivity index (χ0n) is 16.1. The van der Waals surface area contributed by atoms with Crippen molar-refractivity contribution in [2.24, 2.45) is 0 Å². The van der Waals surface area contributed by atoms with E-state index in [2.05, 4.69) is 0 Å². The van der Waals surface area contributed by atoms with E-state index >= 15 is 0 Å². The number of rotatable bonds is 3. The van der Waals surface area contributed by atoms with E-state index < -0.39 is 23.6 Å². The Balaban J connectivity index is 2.24. The van der Waals surface area contributed by atoms with Gasteiger partial charge in [0, 0.05) is 30.0 Å². The minimum absolute atomic E-state index is 0.0120. The maximum atomic E-state index is 12.9. The number of ketones is 2. The third-order valence-corrected chi connectivity index (χ3v) is 5.14. The smallest absolute Gasteiger partial charge is 0.302 e. The predicted octanol–water partition coefficient (Wildman–Crippen LogP) is 4.14. The van der Waals surface area contributed by atoms with Crippen LogP contribution < -0.4 is 0 Å². The van der Waals surface area contributed by atoms with Crippen LogP contribution in [0.2, 0.25) is 0 Å². The van der Waals surface area contributed by atoms with Crippen molar-refractivity contribution in [1.82, 2.24) is 0 Å². The van der Waals surface area contributed by atoms with Crippen molar-refractivity contribution in [2.75, 3.05) is 0 Å². The fourth-order valence-electron chi connectivity index (χ4n) is 3.80. The summed E-state index contributed by atoms with van der Waals surface area (Å²) in [6.07, 6.45) is -0.635. The maximum absolute atomic E-state index is 12.9. The van der Waals surface area contributed by atoms with Gasteiger partial charge in [0.25, 0.3) is 0 Å². The first-order chi connectivity index (χ1) is 12.6. The first kappa shape index (κ1) is 18.8. The molecule has 140 valence electrons. The highest BCUT2D eigenvalue weighted by molar-refractivity contribution is 6.54. The van der Waals surface area contributed by atoms with Crippen molar-refractivity contribution in [3.8, 4) is 0 Å². The number of fused-ring (bicyclic) bond motifs is 3. The van der Waals surface area contributed by atoms with Gasteiger partial charge in [-0.2, -0.15) is 0 Å². The first-order valence-electron chi connectivity index (χ1n) is 8.85. The molecule has 5 nitrogen and oxygen atoms in total. The van der Waals surface area contributed by atoms with E-state index in [4.69, 9.17) is 4.74 Å². The van der Waals surface area contributed by atoms with Gasteiger partial charge in [0.2, 0.25) is 11.6 Å². The molecule has 3 rings (SSSR count). The molecule has 1 aliphatic rings. The lowest BCUT2D eigenvalue weighted by Crippen LogP contribution is -2.27. The van der Waals surface area contributed by atoms with Crippen LogP contribution >= 0.6 is 0 Å². The molecule has 0 bridgehead atoms. The summed E-state index contributed by atoms with van der Waals surface area (Å²) in [5.74, 6) is -2.08. The number of esters is 1. The number of Topliss-reactive ketones (excluding diaryl/α,β-unsaturated/α-hetero) is 2. The van der Waals surface area contributed by atoms with Gasteiger partial charge in [-0.05, 0) is 61.2 Å². The molecule has 0 heterocycles. The second kappa shape index (κ2) is 6.65. The average Bonchev–Trinajstić information content (AvgIpc) is 2.59. The Bertz CT molecular complexity index is 1040. The molecule has 0 fully saturated rings. The van der Waals surface area contributed by atoms with Crippen LogP contribution in [0.5, 0.6) is 0 Å². The molecule has 2 aromatic rings. The van der Waals surface area contributed by atoms with Crippen LogP contribution in [-0.4, -0.2) is 28.7 Å². The van der Waals surface area contributed by atoms with Crippen LogP contribution in [0.3, 0.4) is 0 Å². The van der Waals surface area contributed by atoms with Crippen LogP contribution in [0.25, 0.3) is 16.5 Å². The van der Waals surface area contributed by atoms with Crippen molar-refractivity contribution in [3.63, 3.8) is 0 Å². The summed E-state index contributed by atoms with van der Waals surface area (Å²) < 4.78 is 5.04. The summed E-state index contributed by atoms with van der Waals surface area (Å²) in [6.45, 7) is 8.76. The van der Waals surface area contributed by atoms with E-state index in [9.17, 15) is 19.5 Å². The van der Waals surface area contributed by atoms with Gasteiger partial charge < -0.3 is 9.84 Å². The molecule has 1 unspecified atom stereocenters. The molecular formula is C22H22O5. The summed E-state index contributed by atoms with van der Waals surface area (Å²) in [4.78, 5) is 36.8. The maximum Gasteiger partial charge on any atom is 0.302 e. The second-order valence-corrected chi connectivity index (χ2v) is 7.16. The molecule has 0 radical (unpaired) electrons. The average molecular weight is 366 g/mol. The third-order valence-electron chi connectivity index (χ3n) is 5.14. The molecule has 2 aromatic carbocycles. The van der Waals surface area contributed by atoms with Crippen LogP contribution in [0.15, 0.2) is 23.8 Å². The van der Waals surface area contributed by atoms with Gasteiger partial charge >= 0.3 is 5.97 Å². The van der Waals surface area contributed by atoms with E-state index in [0.29, 0.717) is 10.9 Å². The van der Waals surface area contributed by atoms with Crippen molar-refractivity contribution in [1.29, 1.82) is 0 Å². The van der Waals surface area contributed by atoms with E-state index in [0.717, 1.165) is 22.1 Å². The number of benzene rings is 2. The SMILES string of the molecule is CC(=O)OC(C)CC1=C(O)c2ccc3c(C)c(C)cc(C)c3c2C(=O)C1=O. The molecule has 0 saturated carbocycles. The Morgan fingerprint density at radius 3 is 2.41 bits per heavy atom. The number of aliphatic hydroxyl groups is 1. The zero-order chi connectivity index (χ0) is 20.0. The summed E-state index contributed by atoms with van der Waals surface area (Å²) in [6, 6.07) is 5.53. The van der Waals surface area contributed by atoms with Crippen molar-refractivity contribution >= 4 is 34.1 Å². The van der Waals surface area contributed by atoms with Crippen molar-refractivity contribution < 1.29 is 24.2 Å². The Morgan fingerprint density at radius 2 is 1.78 bits per heavy atom. The van der Waals surface area contributed by atoms with Crippen molar-refractivity contribution in [2.45, 2.75) is 47.1 Å². The van der Waals surface area contributed by atoms with Gasteiger partial charge in [0.05, 0.1) is 0 Å². The lowest BCUT2D eigenvalue weighted by molar-refractivity contribution is -0.145. The lowest BCUT2D eigenvalue weighted by Gasteiger charge is -2.23. The molecule has 0 aromatic heterocycles. The molecule has 5 heteroatoms. The summed E-state index contributed by atoms with van der Waals surface area (Å²) >= 11 is 0. The number of carbonyl (C=O) groups is 3.